The van der Waals surface area contributed by atoms with Gasteiger partial charge in [0.2, 0.25) is 5.91 Å². The summed E-state index contributed by atoms with van der Waals surface area (Å²) in [4.78, 5) is 24.9. The maximum atomic E-state index is 13.2. The largest absolute Gasteiger partial charge is 0.480 e. The van der Waals surface area contributed by atoms with Crippen molar-refractivity contribution in [1.29, 1.82) is 0 Å². The van der Waals surface area contributed by atoms with E-state index in [-0.39, 0.29) is 6.42 Å². The Morgan fingerprint density at radius 1 is 1.26 bits per heavy atom. The van der Waals surface area contributed by atoms with Crippen molar-refractivity contribution < 1.29 is 28.4 Å². The average molecular weight is 327 g/mol. The number of hydrogen-bond donors (Lipinski definition) is 2. The number of rotatable bonds is 6. The van der Waals surface area contributed by atoms with Gasteiger partial charge in [-0.25, -0.2) is 4.79 Å². The van der Waals surface area contributed by atoms with Gasteiger partial charge in [0.05, 0.1) is 0 Å². The van der Waals surface area contributed by atoms with Crippen LogP contribution in [0.1, 0.15) is 58.6 Å². The van der Waals surface area contributed by atoms with E-state index in [1.165, 1.54) is 13.8 Å². The van der Waals surface area contributed by atoms with Crippen LogP contribution >= 0.6 is 0 Å². The second-order valence-corrected chi connectivity index (χ2v) is 5.50. The predicted octanol–water partition coefficient (Wildman–Crippen LogP) is 3.26. The molecule has 0 spiro atoms. The Morgan fingerprint density at radius 3 is 2.39 bits per heavy atom. The van der Waals surface area contributed by atoms with Gasteiger partial charge in [-0.3, -0.25) is 4.79 Å². The van der Waals surface area contributed by atoms with Crippen molar-refractivity contribution in [3.63, 3.8) is 0 Å². The molecule has 4 heteroatoms. The Balaban J connectivity index is 2.63. The van der Waals surface area contributed by atoms with E-state index in [1.807, 2.05) is 5.32 Å². The SMILES string of the molecule is [2H]C1([2H])C([2H])([2H])C([2H])(C(C)C)C([2H])([2H])C([2H])([2H])C1([2H])C(=O)N[C@H](Cc1ccccc1)C(=O)O. The maximum Gasteiger partial charge on any atom is 0.326 e. The van der Waals surface area contributed by atoms with Crippen LogP contribution in [0.5, 0.6) is 0 Å². The molecule has 0 bridgehead atoms. The molecule has 0 aliphatic heterocycles. The number of benzene rings is 1. The fourth-order valence-electron chi connectivity index (χ4n) is 2.00. The molecule has 0 saturated heterocycles. The molecule has 23 heavy (non-hydrogen) atoms. The first-order valence-corrected chi connectivity index (χ1v) is 7.33. The van der Waals surface area contributed by atoms with E-state index >= 15 is 0 Å². The van der Waals surface area contributed by atoms with Gasteiger partial charge in [-0.05, 0) is 42.9 Å². The highest BCUT2D eigenvalue weighted by Gasteiger charge is 2.30. The van der Waals surface area contributed by atoms with Gasteiger partial charge in [-0.1, -0.05) is 44.2 Å². The molecule has 1 aliphatic rings. The fourth-order valence-corrected chi connectivity index (χ4v) is 2.00. The Morgan fingerprint density at radius 2 is 1.87 bits per heavy atom. The van der Waals surface area contributed by atoms with Gasteiger partial charge in [0.1, 0.15) is 6.04 Å². The summed E-state index contributed by atoms with van der Waals surface area (Å²) in [5, 5.41) is 11.5. The van der Waals surface area contributed by atoms with Crippen LogP contribution < -0.4 is 5.32 Å². The Bertz CT molecular complexity index is 892. The third-order valence-corrected chi connectivity index (χ3v) is 3.33. The first-order chi connectivity index (χ1) is 14.7. The van der Waals surface area contributed by atoms with E-state index in [0.29, 0.717) is 5.56 Å². The highest BCUT2D eigenvalue weighted by Crippen LogP contribution is 2.33. The fraction of sp³-hybridized carbons (Fsp3) is 0.579. The molecule has 1 saturated carbocycles. The summed E-state index contributed by atoms with van der Waals surface area (Å²) in [5.74, 6) is -11.4. The van der Waals surface area contributed by atoms with Gasteiger partial charge >= 0.3 is 5.97 Å². The quantitative estimate of drug-likeness (QED) is 0.843. The molecule has 1 amide bonds. The zero-order valence-electron chi connectivity index (χ0n) is 23.0. The Hall–Kier alpha value is -1.84. The summed E-state index contributed by atoms with van der Waals surface area (Å²) in [7, 11) is 0. The normalized spacial score (nSPS) is 44.1. The lowest BCUT2D eigenvalue weighted by molar-refractivity contribution is -0.142. The summed E-state index contributed by atoms with van der Waals surface area (Å²) in [6.07, 6.45) is -14.8. The van der Waals surface area contributed by atoms with Crippen molar-refractivity contribution in [2.75, 3.05) is 0 Å². The van der Waals surface area contributed by atoms with Crippen LogP contribution in [0.2, 0.25) is 0 Å². The monoisotopic (exact) mass is 327 g/mol. The number of hydrogen-bond acceptors (Lipinski definition) is 2. The van der Waals surface area contributed by atoms with Gasteiger partial charge in [-0.15, -0.1) is 0 Å². The minimum Gasteiger partial charge on any atom is -0.480 e. The third-order valence-electron chi connectivity index (χ3n) is 3.33. The predicted molar refractivity (Wildman–Crippen MR) is 90.0 cm³/mol. The van der Waals surface area contributed by atoms with Crippen LogP contribution in [0, 0.1) is 17.7 Å². The molecule has 0 aromatic heterocycles. The second kappa shape index (κ2) is 8.14. The van der Waals surface area contributed by atoms with E-state index in [9.17, 15) is 14.7 Å². The number of amides is 1. The molecule has 0 unspecified atom stereocenters. The number of carboxylic acids is 1. The lowest BCUT2D eigenvalue weighted by Gasteiger charge is -2.30. The van der Waals surface area contributed by atoms with E-state index in [2.05, 4.69) is 0 Å². The lowest BCUT2D eigenvalue weighted by Crippen LogP contribution is -2.45. The van der Waals surface area contributed by atoms with Crippen molar-refractivity contribution >= 4 is 11.9 Å². The number of aliphatic carboxylic acids is 1. The Kier molecular flexibility index (Phi) is 2.94. The van der Waals surface area contributed by atoms with Gasteiger partial charge in [-0.2, -0.15) is 0 Å². The van der Waals surface area contributed by atoms with Crippen LogP contribution in [0.25, 0.3) is 0 Å². The van der Waals surface area contributed by atoms with E-state index in [1.54, 1.807) is 30.3 Å². The molecule has 126 valence electrons. The average Bonchev–Trinajstić information content (AvgIpc) is 2.70. The lowest BCUT2D eigenvalue weighted by atomic mass is 9.76. The van der Waals surface area contributed by atoms with Crippen LogP contribution in [0.3, 0.4) is 0 Å². The molecular formula is C19H27NO3. The molecule has 1 aromatic carbocycles. The number of carboxylic acid groups (broad SMARTS) is 1. The van der Waals surface area contributed by atoms with Crippen molar-refractivity contribution in [1.82, 2.24) is 5.32 Å². The summed E-state index contributed by atoms with van der Waals surface area (Å²) in [5.41, 5.74) is 0.467. The molecule has 2 rings (SSSR count). The molecule has 1 fully saturated rings. The summed E-state index contributed by atoms with van der Waals surface area (Å²) < 4.78 is 83.7. The number of carbonyl (C=O) groups is 2. The molecule has 0 radical (unpaired) electrons. The zero-order valence-corrected chi connectivity index (χ0v) is 13.0. The van der Waals surface area contributed by atoms with Crippen LogP contribution in [0.4, 0.5) is 0 Å². The van der Waals surface area contributed by atoms with Gasteiger partial charge in [0.25, 0.3) is 0 Å². The van der Waals surface area contributed by atoms with Crippen LogP contribution in [-0.4, -0.2) is 23.0 Å². The number of carbonyl (C=O) groups excluding carboxylic acids is 1. The molecule has 1 aliphatic carbocycles. The second-order valence-electron chi connectivity index (χ2n) is 5.50. The molecule has 1 aromatic rings. The molecule has 4 nitrogen and oxygen atoms in total. The molecule has 1 atom stereocenters. The first-order valence-electron chi connectivity index (χ1n) is 12.3. The Labute approximate surface area is 152 Å². The van der Waals surface area contributed by atoms with Gasteiger partial charge < -0.3 is 10.4 Å². The molecular weight excluding hydrogens is 290 g/mol. The van der Waals surface area contributed by atoms with Crippen molar-refractivity contribution in [2.24, 2.45) is 17.7 Å². The van der Waals surface area contributed by atoms with Crippen molar-refractivity contribution in [2.45, 2.75) is 51.8 Å². The highest BCUT2D eigenvalue weighted by molar-refractivity contribution is 5.85. The minimum absolute atomic E-state index is 0.293. The maximum absolute atomic E-state index is 13.2. The van der Waals surface area contributed by atoms with Gasteiger partial charge in [0.15, 0.2) is 0 Å². The minimum atomic E-state index is -3.77. The molecule has 2 N–H and O–H groups in total. The summed E-state index contributed by atoms with van der Waals surface area (Å²) in [6.45, 7) is 2.46. The van der Waals surface area contributed by atoms with Gasteiger partial charge in [0, 0.05) is 26.0 Å². The van der Waals surface area contributed by atoms with Crippen molar-refractivity contribution in [3.8, 4) is 0 Å². The third kappa shape index (κ3) is 5.08. The molecule has 0 heterocycles. The van der Waals surface area contributed by atoms with Crippen LogP contribution in [0.15, 0.2) is 30.3 Å². The standard InChI is InChI=1S/C19H27NO3/c1-13(2)15-8-10-16(11-9-15)18(21)20-17(19(22)23)12-14-6-4-3-5-7-14/h3-7,13,15-17H,8-12H2,1-2H3,(H,20,21)(H,22,23)/t15?,16?,17-/m1/s1/i8D2,9D2,10D2,11D2,15D,16D. The first kappa shape index (κ1) is 8.32. The van der Waals surface area contributed by atoms with Crippen molar-refractivity contribution in [3.05, 3.63) is 35.9 Å². The number of nitrogens with one attached hydrogen (secondary N) is 1. The smallest absolute Gasteiger partial charge is 0.326 e. The summed E-state index contributed by atoms with van der Waals surface area (Å²) >= 11 is 0. The topological polar surface area (TPSA) is 66.4 Å². The highest BCUT2D eigenvalue weighted by atomic mass is 16.4. The zero-order chi connectivity index (χ0) is 25.8. The van der Waals surface area contributed by atoms with E-state index < -0.39 is 61.1 Å². The van der Waals surface area contributed by atoms with E-state index in [0.717, 1.165) is 0 Å². The van der Waals surface area contributed by atoms with Crippen LogP contribution in [-0.2, 0) is 16.0 Å². The summed E-state index contributed by atoms with van der Waals surface area (Å²) in [6, 6.07) is 6.30. The van der Waals surface area contributed by atoms with E-state index in [4.69, 9.17) is 13.7 Å².